The molecule has 2 aromatic heterocycles. The van der Waals surface area contributed by atoms with Gasteiger partial charge in [0.15, 0.2) is 11.2 Å². The Labute approximate surface area is 237 Å². The minimum atomic E-state index is -0.623. The summed E-state index contributed by atoms with van der Waals surface area (Å²) in [5, 5.41) is 12.7. The highest BCUT2D eigenvalue weighted by molar-refractivity contribution is 5.77. The maximum Gasteiger partial charge on any atom is 0.407 e. The molecule has 2 aromatic carbocycles. The van der Waals surface area contributed by atoms with E-state index in [1.54, 1.807) is 28.8 Å². The van der Waals surface area contributed by atoms with E-state index in [0.29, 0.717) is 30.3 Å². The van der Waals surface area contributed by atoms with Gasteiger partial charge in [0.25, 0.3) is 5.56 Å². The lowest BCUT2D eigenvalue weighted by atomic mass is 10.1. The number of nitrogens with zero attached hydrogens (tertiary/aromatic N) is 6. The fraction of sp³-hybridized carbons (Fsp3) is 0.367. The van der Waals surface area contributed by atoms with Crippen molar-refractivity contribution in [3.8, 4) is 11.8 Å². The van der Waals surface area contributed by atoms with Crippen LogP contribution in [0.25, 0.3) is 16.9 Å². The summed E-state index contributed by atoms with van der Waals surface area (Å²) >= 11 is 0. The van der Waals surface area contributed by atoms with Crippen molar-refractivity contribution < 1.29 is 9.53 Å². The lowest BCUT2D eigenvalue weighted by Gasteiger charge is -2.34. The molecule has 11 heteroatoms. The van der Waals surface area contributed by atoms with Gasteiger partial charge in [0, 0.05) is 26.2 Å². The van der Waals surface area contributed by atoms with Crippen LogP contribution in [0.4, 0.5) is 10.7 Å². The number of alkyl carbamates (subject to hydrolysis) is 1. The summed E-state index contributed by atoms with van der Waals surface area (Å²) in [6.07, 6.45) is 1.03. The number of hydrogen-bond acceptors (Lipinski definition) is 7. The summed E-state index contributed by atoms with van der Waals surface area (Å²) in [6, 6.07) is 18.3. The number of rotatable bonds is 5. The van der Waals surface area contributed by atoms with Gasteiger partial charge in [-0.2, -0.15) is 10.2 Å². The van der Waals surface area contributed by atoms with E-state index < -0.39 is 22.9 Å². The van der Waals surface area contributed by atoms with E-state index in [-0.39, 0.29) is 23.8 Å². The van der Waals surface area contributed by atoms with Crippen LogP contribution in [-0.2, 0) is 18.3 Å². The average molecular weight is 556 g/mol. The Bertz CT molecular complexity index is 1760. The Kier molecular flexibility index (Phi) is 7.41. The number of aromatic nitrogens is 4. The second-order valence-electron chi connectivity index (χ2n) is 11.2. The molecule has 1 aliphatic rings. The molecule has 1 unspecified atom stereocenters. The SMILES string of the molecule is Cn1c(=O)c2c(nc(N3CCCC(NC(=O)OC(C)(C)C)C3)n2Cc2ccccc2C#N)n(-c2ccccc2)c1=O. The van der Waals surface area contributed by atoms with E-state index in [0.717, 1.165) is 23.0 Å². The van der Waals surface area contributed by atoms with E-state index in [1.807, 2.05) is 56.0 Å². The van der Waals surface area contributed by atoms with Gasteiger partial charge in [0.2, 0.25) is 5.95 Å². The molecule has 0 spiro atoms. The van der Waals surface area contributed by atoms with E-state index in [1.165, 1.54) is 11.6 Å². The summed E-state index contributed by atoms with van der Waals surface area (Å²) in [6.45, 7) is 6.69. The Balaban J connectivity index is 1.67. The van der Waals surface area contributed by atoms with Crippen LogP contribution in [0.3, 0.4) is 0 Å². The van der Waals surface area contributed by atoms with Crippen LogP contribution < -0.4 is 21.5 Å². The third-order valence-electron chi connectivity index (χ3n) is 7.03. The lowest BCUT2D eigenvalue weighted by Crippen LogP contribution is -2.49. The third-order valence-corrected chi connectivity index (χ3v) is 7.03. The Hall–Kier alpha value is -4.85. The van der Waals surface area contributed by atoms with Crippen molar-refractivity contribution in [1.82, 2.24) is 24.0 Å². The van der Waals surface area contributed by atoms with Crippen molar-refractivity contribution >= 4 is 23.2 Å². The first-order valence-corrected chi connectivity index (χ1v) is 13.6. The zero-order valence-electron chi connectivity index (χ0n) is 23.6. The summed E-state index contributed by atoms with van der Waals surface area (Å²) in [4.78, 5) is 46.5. The summed E-state index contributed by atoms with van der Waals surface area (Å²) < 4.78 is 9.76. The van der Waals surface area contributed by atoms with Gasteiger partial charge in [-0.1, -0.05) is 36.4 Å². The van der Waals surface area contributed by atoms with Gasteiger partial charge in [-0.05, 0) is 57.4 Å². The summed E-state index contributed by atoms with van der Waals surface area (Å²) in [7, 11) is 1.45. The van der Waals surface area contributed by atoms with E-state index in [4.69, 9.17) is 9.72 Å². The molecule has 212 valence electrons. The van der Waals surface area contributed by atoms with Crippen molar-refractivity contribution in [1.29, 1.82) is 5.26 Å². The molecule has 3 heterocycles. The highest BCUT2D eigenvalue weighted by Gasteiger charge is 2.30. The van der Waals surface area contributed by atoms with Crippen molar-refractivity contribution in [2.45, 2.75) is 51.8 Å². The summed E-state index contributed by atoms with van der Waals surface area (Å²) in [5.74, 6) is 0.482. The molecule has 11 nitrogen and oxygen atoms in total. The molecular formula is C30H33N7O4. The van der Waals surface area contributed by atoms with Crippen LogP contribution in [-0.4, -0.2) is 49.5 Å². The molecule has 1 N–H and O–H groups in total. The molecule has 0 bridgehead atoms. The van der Waals surface area contributed by atoms with Crippen LogP contribution in [0.2, 0.25) is 0 Å². The zero-order chi connectivity index (χ0) is 29.3. The number of carbonyl (C=O) groups is 1. The first kappa shape index (κ1) is 27.7. The molecule has 1 amide bonds. The number of ether oxygens (including phenoxy) is 1. The number of benzene rings is 2. The number of carbonyl (C=O) groups excluding carboxylic acids is 1. The minimum Gasteiger partial charge on any atom is -0.444 e. The highest BCUT2D eigenvalue weighted by atomic mass is 16.6. The van der Waals surface area contributed by atoms with E-state index >= 15 is 0 Å². The number of fused-ring (bicyclic) bond motifs is 1. The normalized spacial score (nSPS) is 15.5. The molecule has 0 aliphatic carbocycles. The van der Waals surface area contributed by atoms with E-state index in [2.05, 4.69) is 11.4 Å². The minimum absolute atomic E-state index is 0.193. The van der Waals surface area contributed by atoms with Crippen LogP contribution in [0.5, 0.6) is 0 Å². The van der Waals surface area contributed by atoms with Gasteiger partial charge in [0.05, 0.1) is 23.9 Å². The number of nitrogens with one attached hydrogen (secondary N) is 1. The number of piperidine rings is 1. The predicted octanol–water partition coefficient (Wildman–Crippen LogP) is 3.30. The van der Waals surface area contributed by atoms with Crippen molar-refractivity contribution in [2.75, 3.05) is 18.0 Å². The maximum absolute atomic E-state index is 13.7. The quantitative estimate of drug-likeness (QED) is 0.400. The predicted molar refractivity (Wildman–Crippen MR) is 155 cm³/mol. The zero-order valence-corrected chi connectivity index (χ0v) is 23.6. The van der Waals surface area contributed by atoms with E-state index in [9.17, 15) is 19.6 Å². The second kappa shape index (κ2) is 11.0. The number of anilines is 1. The molecule has 1 aliphatic heterocycles. The van der Waals surface area contributed by atoms with Crippen molar-refractivity contribution in [3.05, 3.63) is 86.6 Å². The second-order valence-corrected chi connectivity index (χ2v) is 11.2. The van der Waals surface area contributed by atoms with Gasteiger partial charge in [-0.3, -0.25) is 13.9 Å². The van der Waals surface area contributed by atoms with Gasteiger partial charge < -0.3 is 15.0 Å². The fourth-order valence-electron chi connectivity index (χ4n) is 5.17. The summed E-state index contributed by atoms with van der Waals surface area (Å²) in [5.41, 5.74) is 0.650. The standard InChI is InChI=1S/C30H33N7O4/c1-30(2,3)41-28(39)32-22-13-10-16-35(19-22)27-33-25-24(36(27)18-21-12-9-8-11-20(21)17-31)26(38)34(4)29(40)37(25)23-14-6-5-7-15-23/h5-9,11-12,14-15,22H,10,13,16,18-19H2,1-4H3,(H,32,39). The largest absolute Gasteiger partial charge is 0.444 e. The molecule has 1 saturated heterocycles. The van der Waals surface area contributed by atoms with Crippen LogP contribution in [0.1, 0.15) is 44.7 Å². The Morgan fingerprint density at radius 3 is 2.54 bits per heavy atom. The Morgan fingerprint density at radius 1 is 1.12 bits per heavy atom. The van der Waals surface area contributed by atoms with Gasteiger partial charge in [-0.15, -0.1) is 0 Å². The third kappa shape index (κ3) is 5.59. The Morgan fingerprint density at radius 2 is 1.83 bits per heavy atom. The van der Waals surface area contributed by atoms with Gasteiger partial charge in [0.1, 0.15) is 5.60 Å². The number of hydrogen-bond donors (Lipinski definition) is 1. The van der Waals surface area contributed by atoms with Crippen molar-refractivity contribution in [2.24, 2.45) is 7.05 Å². The van der Waals surface area contributed by atoms with Crippen LogP contribution in [0, 0.1) is 11.3 Å². The fourth-order valence-corrected chi connectivity index (χ4v) is 5.17. The molecule has 41 heavy (non-hydrogen) atoms. The molecule has 4 aromatic rings. The molecule has 0 radical (unpaired) electrons. The van der Waals surface area contributed by atoms with Gasteiger partial charge >= 0.3 is 11.8 Å². The number of imidazole rings is 1. The topological polar surface area (TPSA) is 127 Å². The highest BCUT2D eigenvalue weighted by Crippen LogP contribution is 2.26. The lowest BCUT2D eigenvalue weighted by molar-refractivity contribution is 0.0499. The van der Waals surface area contributed by atoms with Crippen molar-refractivity contribution in [3.63, 3.8) is 0 Å². The molecule has 1 atom stereocenters. The smallest absolute Gasteiger partial charge is 0.407 e. The number of nitriles is 1. The van der Waals surface area contributed by atoms with Crippen LogP contribution >= 0.6 is 0 Å². The molecule has 5 rings (SSSR count). The van der Waals surface area contributed by atoms with Gasteiger partial charge in [-0.25, -0.2) is 14.2 Å². The molecule has 1 fully saturated rings. The number of amides is 1. The monoisotopic (exact) mass is 555 g/mol. The molecule has 0 saturated carbocycles. The number of para-hydroxylation sites is 1. The van der Waals surface area contributed by atoms with Crippen LogP contribution in [0.15, 0.2) is 64.2 Å². The average Bonchev–Trinajstić information content (AvgIpc) is 3.30. The first-order chi connectivity index (χ1) is 19.6. The maximum atomic E-state index is 13.7. The first-order valence-electron chi connectivity index (χ1n) is 13.6. The molecular weight excluding hydrogens is 522 g/mol.